The largest absolute Gasteiger partial charge is 0.312 e. The number of rotatable bonds is 3. The highest BCUT2D eigenvalue weighted by Crippen LogP contribution is 2.06. The van der Waals surface area contributed by atoms with Gasteiger partial charge in [-0.1, -0.05) is 0 Å². The number of nitrogens with zero attached hydrogens (tertiary/aromatic N) is 1. The van der Waals surface area contributed by atoms with E-state index in [9.17, 15) is 9.18 Å². The van der Waals surface area contributed by atoms with Crippen molar-refractivity contribution in [3.05, 3.63) is 35.6 Å². The van der Waals surface area contributed by atoms with Gasteiger partial charge in [0.2, 0.25) is 0 Å². The molecule has 1 atom stereocenters. The fourth-order valence-electron chi connectivity index (χ4n) is 2.09. The molecule has 0 spiro atoms. The van der Waals surface area contributed by atoms with Gasteiger partial charge in [-0.3, -0.25) is 9.69 Å². The zero-order chi connectivity index (χ0) is 12.3. The van der Waals surface area contributed by atoms with Crippen LogP contribution >= 0.6 is 17.0 Å². The van der Waals surface area contributed by atoms with E-state index in [1.807, 2.05) is 0 Å². The van der Waals surface area contributed by atoms with Crippen LogP contribution in [0, 0.1) is 5.82 Å². The molecule has 5 heteroatoms. The molecule has 0 saturated carbocycles. The van der Waals surface area contributed by atoms with Gasteiger partial charge in [-0.2, -0.15) is 0 Å². The predicted octanol–water partition coefficient (Wildman–Crippen LogP) is 1.88. The lowest BCUT2D eigenvalue weighted by atomic mass is 10.1. The van der Waals surface area contributed by atoms with Gasteiger partial charge in [-0.05, 0) is 31.2 Å². The molecule has 1 unspecified atom stereocenters. The Kier molecular flexibility index (Phi) is 5.91. The van der Waals surface area contributed by atoms with Crippen LogP contribution in [0.25, 0.3) is 0 Å². The Balaban J connectivity index is 0.00000162. The van der Waals surface area contributed by atoms with Crippen LogP contribution in [0.1, 0.15) is 17.3 Å². The van der Waals surface area contributed by atoms with Crippen molar-refractivity contribution < 1.29 is 9.18 Å². The van der Waals surface area contributed by atoms with E-state index >= 15 is 0 Å². The first kappa shape index (κ1) is 15.3. The summed E-state index contributed by atoms with van der Waals surface area (Å²) in [6, 6.07) is 6.16. The molecule has 0 aliphatic carbocycles. The lowest BCUT2D eigenvalue weighted by Crippen LogP contribution is -2.50. The standard InChI is InChI=1S/C13H17FN2O.BrH/c1-10-8-16(7-6-15-10)9-13(17)11-2-4-12(14)5-3-11;/h2-5,10,15H,6-9H2,1H3;1H. The number of hydrogen-bond acceptors (Lipinski definition) is 3. The van der Waals surface area contributed by atoms with Crippen LogP contribution < -0.4 is 5.32 Å². The van der Waals surface area contributed by atoms with Gasteiger partial charge in [-0.15, -0.1) is 17.0 Å². The summed E-state index contributed by atoms with van der Waals surface area (Å²) in [6.07, 6.45) is 0. The van der Waals surface area contributed by atoms with Gasteiger partial charge in [0.1, 0.15) is 5.82 Å². The monoisotopic (exact) mass is 316 g/mol. The minimum atomic E-state index is -0.308. The third kappa shape index (κ3) is 4.15. The van der Waals surface area contributed by atoms with E-state index in [1.165, 1.54) is 12.1 Å². The summed E-state index contributed by atoms with van der Waals surface area (Å²) in [7, 11) is 0. The summed E-state index contributed by atoms with van der Waals surface area (Å²) in [5.74, 6) is -0.253. The summed E-state index contributed by atoms with van der Waals surface area (Å²) in [4.78, 5) is 14.1. The summed E-state index contributed by atoms with van der Waals surface area (Å²) in [5, 5.41) is 3.33. The van der Waals surface area contributed by atoms with Crippen molar-refractivity contribution in [2.24, 2.45) is 0 Å². The molecule has 0 aromatic heterocycles. The number of nitrogens with one attached hydrogen (secondary N) is 1. The second-order valence-corrected chi connectivity index (χ2v) is 4.52. The molecular formula is C13H18BrFN2O. The molecule has 1 aliphatic heterocycles. The molecule has 1 aromatic rings. The third-order valence-electron chi connectivity index (χ3n) is 2.99. The minimum Gasteiger partial charge on any atom is -0.312 e. The van der Waals surface area contributed by atoms with Crippen molar-refractivity contribution in [1.29, 1.82) is 0 Å². The van der Waals surface area contributed by atoms with Crippen molar-refractivity contribution in [1.82, 2.24) is 10.2 Å². The first-order valence-electron chi connectivity index (χ1n) is 5.89. The average molecular weight is 317 g/mol. The molecule has 1 N–H and O–H groups in total. The van der Waals surface area contributed by atoms with Crippen LogP contribution in [0.4, 0.5) is 4.39 Å². The van der Waals surface area contributed by atoms with Crippen LogP contribution in [0.15, 0.2) is 24.3 Å². The van der Waals surface area contributed by atoms with E-state index in [2.05, 4.69) is 17.1 Å². The van der Waals surface area contributed by atoms with Gasteiger partial charge in [0, 0.05) is 31.2 Å². The number of hydrogen-bond donors (Lipinski definition) is 1. The molecule has 2 rings (SSSR count). The number of benzene rings is 1. The highest BCUT2D eigenvalue weighted by molar-refractivity contribution is 8.93. The number of halogens is 2. The summed E-state index contributed by atoms with van der Waals surface area (Å²) >= 11 is 0. The highest BCUT2D eigenvalue weighted by Gasteiger charge is 2.18. The molecule has 0 amide bonds. The number of carbonyl (C=O) groups excluding carboxylic acids is 1. The first-order chi connectivity index (χ1) is 8.15. The van der Waals surface area contributed by atoms with Crippen LogP contribution in [0.3, 0.4) is 0 Å². The molecule has 1 aromatic carbocycles. The molecule has 1 saturated heterocycles. The number of carbonyl (C=O) groups is 1. The Morgan fingerprint density at radius 3 is 2.72 bits per heavy atom. The third-order valence-corrected chi connectivity index (χ3v) is 2.99. The molecule has 100 valence electrons. The SMILES string of the molecule is Br.CC1CN(CC(=O)c2ccc(F)cc2)CCN1. The molecular weight excluding hydrogens is 299 g/mol. The first-order valence-corrected chi connectivity index (χ1v) is 5.89. The van der Waals surface area contributed by atoms with Gasteiger partial charge in [0.05, 0.1) is 6.54 Å². The predicted molar refractivity (Wildman–Crippen MR) is 75.0 cm³/mol. The zero-order valence-corrected chi connectivity index (χ0v) is 12.1. The molecule has 1 aliphatic rings. The lowest BCUT2D eigenvalue weighted by molar-refractivity contribution is 0.0908. The smallest absolute Gasteiger partial charge is 0.176 e. The van der Waals surface area contributed by atoms with Crippen molar-refractivity contribution >= 4 is 22.8 Å². The maximum Gasteiger partial charge on any atom is 0.176 e. The fraction of sp³-hybridized carbons (Fsp3) is 0.462. The molecule has 3 nitrogen and oxygen atoms in total. The summed E-state index contributed by atoms with van der Waals surface area (Å²) in [5.41, 5.74) is 0.581. The van der Waals surface area contributed by atoms with Crippen LogP contribution in [-0.4, -0.2) is 42.9 Å². The number of Topliss-reactive ketones (excluding diaryl/α,β-unsaturated/α-hetero) is 1. The van der Waals surface area contributed by atoms with Crippen molar-refractivity contribution in [3.63, 3.8) is 0 Å². The van der Waals surface area contributed by atoms with Gasteiger partial charge in [0.25, 0.3) is 0 Å². The van der Waals surface area contributed by atoms with E-state index in [-0.39, 0.29) is 28.6 Å². The lowest BCUT2D eigenvalue weighted by Gasteiger charge is -2.31. The van der Waals surface area contributed by atoms with E-state index in [1.54, 1.807) is 12.1 Å². The maximum absolute atomic E-state index is 12.7. The Morgan fingerprint density at radius 2 is 2.11 bits per heavy atom. The quantitative estimate of drug-likeness (QED) is 0.864. The number of ketones is 1. The molecule has 18 heavy (non-hydrogen) atoms. The second kappa shape index (κ2) is 6.97. The molecule has 1 heterocycles. The Morgan fingerprint density at radius 1 is 1.44 bits per heavy atom. The molecule has 1 fully saturated rings. The van der Waals surface area contributed by atoms with E-state index in [0.29, 0.717) is 18.2 Å². The summed E-state index contributed by atoms with van der Waals surface area (Å²) < 4.78 is 12.7. The summed E-state index contributed by atoms with van der Waals surface area (Å²) in [6.45, 7) is 5.20. The highest BCUT2D eigenvalue weighted by atomic mass is 79.9. The Labute approximate surface area is 117 Å². The van der Waals surface area contributed by atoms with Gasteiger partial charge in [-0.25, -0.2) is 4.39 Å². The molecule has 0 radical (unpaired) electrons. The van der Waals surface area contributed by atoms with E-state index in [4.69, 9.17) is 0 Å². The number of piperazine rings is 1. The van der Waals surface area contributed by atoms with E-state index in [0.717, 1.165) is 19.6 Å². The van der Waals surface area contributed by atoms with Crippen molar-refractivity contribution in [2.45, 2.75) is 13.0 Å². The Bertz CT molecular complexity index is 396. The average Bonchev–Trinajstić information content (AvgIpc) is 2.29. The Hall–Kier alpha value is -0.780. The van der Waals surface area contributed by atoms with Gasteiger partial charge < -0.3 is 5.32 Å². The second-order valence-electron chi connectivity index (χ2n) is 4.52. The van der Waals surface area contributed by atoms with Crippen molar-refractivity contribution in [3.8, 4) is 0 Å². The van der Waals surface area contributed by atoms with Crippen LogP contribution in [0.2, 0.25) is 0 Å². The zero-order valence-electron chi connectivity index (χ0n) is 10.4. The van der Waals surface area contributed by atoms with Gasteiger partial charge >= 0.3 is 0 Å². The molecule has 0 bridgehead atoms. The minimum absolute atomic E-state index is 0. The van der Waals surface area contributed by atoms with Crippen LogP contribution in [0.5, 0.6) is 0 Å². The fourth-order valence-corrected chi connectivity index (χ4v) is 2.09. The van der Waals surface area contributed by atoms with Crippen molar-refractivity contribution in [2.75, 3.05) is 26.2 Å². The topological polar surface area (TPSA) is 32.3 Å². The van der Waals surface area contributed by atoms with Crippen LogP contribution in [-0.2, 0) is 0 Å². The normalized spacial score (nSPS) is 20.2. The van der Waals surface area contributed by atoms with Gasteiger partial charge in [0.15, 0.2) is 5.78 Å². The van der Waals surface area contributed by atoms with E-state index < -0.39 is 0 Å². The maximum atomic E-state index is 12.7.